The molecule has 0 spiro atoms. The Bertz CT molecular complexity index is 1200. The summed E-state index contributed by atoms with van der Waals surface area (Å²) in [6.07, 6.45) is 5.85. The highest BCUT2D eigenvalue weighted by Crippen LogP contribution is 2.25. The molecule has 172 valence electrons. The van der Waals surface area contributed by atoms with Crippen LogP contribution in [0, 0.1) is 6.92 Å². The van der Waals surface area contributed by atoms with E-state index in [0.29, 0.717) is 13.1 Å². The highest BCUT2D eigenvalue weighted by molar-refractivity contribution is 5.98. The summed E-state index contributed by atoms with van der Waals surface area (Å²) in [7, 11) is 0. The number of amides is 1. The monoisotopic (exact) mass is 440 g/mol. The number of nitrogens with zero attached hydrogens (tertiary/aromatic N) is 2. The average Bonchev–Trinajstić information content (AvgIpc) is 3.13. The van der Waals surface area contributed by atoms with Gasteiger partial charge in [-0.25, -0.2) is 4.79 Å². The maximum absolute atomic E-state index is 13.4. The maximum atomic E-state index is 13.4. The van der Waals surface area contributed by atoms with Crippen LogP contribution in [0.15, 0.2) is 38.5 Å². The number of nitrogens with one attached hydrogen (secondary N) is 1. The minimum Gasteiger partial charge on any atom is -0.464 e. The first kappa shape index (κ1) is 23.4. The number of H-pyrrole nitrogens is 1. The topological polar surface area (TPSA) is 114 Å². The van der Waals surface area contributed by atoms with Crippen molar-refractivity contribution in [1.82, 2.24) is 9.55 Å². The first-order valence-corrected chi connectivity index (χ1v) is 11.3. The molecule has 0 saturated heterocycles. The van der Waals surface area contributed by atoms with Crippen LogP contribution in [0.2, 0.25) is 0 Å². The van der Waals surface area contributed by atoms with E-state index in [0.717, 1.165) is 54.2 Å². The highest BCUT2D eigenvalue weighted by Gasteiger charge is 2.25. The number of fused-ring (bicyclic) bond motifs is 1. The second kappa shape index (κ2) is 10.3. The molecule has 8 nitrogen and oxygen atoms in total. The zero-order valence-electron chi connectivity index (χ0n) is 19.1. The molecule has 0 aliphatic rings. The van der Waals surface area contributed by atoms with Gasteiger partial charge in [-0.3, -0.25) is 19.1 Å². The van der Waals surface area contributed by atoms with Gasteiger partial charge in [0.05, 0.1) is 12.7 Å². The number of benzene rings is 1. The molecule has 0 unspecified atom stereocenters. The Morgan fingerprint density at radius 1 is 1.16 bits per heavy atom. The van der Waals surface area contributed by atoms with E-state index in [2.05, 4.69) is 11.9 Å². The zero-order chi connectivity index (χ0) is 23.3. The lowest BCUT2D eigenvalue weighted by molar-refractivity contribution is -0.118. The molecular weight excluding hydrogens is 408 g/mol. The number of hydrogen-bond donors (Lipinski definition) is 2. The largest absolute Gasteiger partial charge is 0.464 e. The van der Waals surface area contributed by atoms with Gasteiger partial charge in [-0.1, -0.05) is 45.2 Å². The van der Waals surface area contributed by atoms with Crippen LogP contribution < -0.4 is 21.9 Å². The quantitative estimate of drug-likeness (QED) is 0.466. The minimum atomic E-state index is -0.641. The van der Waals surface area contributed by atoms with Gasteiger partial charge in [0, 0.05) is 24.0 Å². The fraction of sp³-hybridized carbons (Fsp3) is 0.458. The fourth-order valence-corrected chi connectivity index (χ4v) is 3.84. The molecule has 0 radical (unpaired) electrons. The predicted octanol–water partition coefficient (Wildman–Crippen LogP) is 3.74. The molecule has 0 atom stereocenters. The lowest BCUT2D eigenvalue weighted by atomic mass is 10.1. The van der Waals surface area contributed by atoms with Gasteiger partial charge in [-0.15, -0.1) is 0 Å². The summed E-state index contributed by atoms with van der Waals surface area (Å²) in [5.74, 6) is -0.230. The average molecular weight is 441 g/mol. The molecule has 3 N–H and O–H groups in total. The van der Waals surface area contributed by atoms with Gasteiger partial charge in [-0.05, 0) is 31.4 Å². The summed E-state index contributed by atoms with van der Waals surface area (Å²) in [6.45, 7) is 6.78. The number of aromatic amines is 1. The van der Waals surface area contributed by atoms with E-state index in [4.69, 9.17) is 10.2 Å². The van der Waals surface area contributed by atoms with Crippen LogP contribution in [0.25, 0.3) is 11.0 Å². The normalized spacial score (nSPS) is 11.2. The van der Waals surface area contributed by atoms with E-state index in [1.54, 1.807) is 6.26 Å². The molecule has 0 aliphatic carbocycles. The summed E-state index contributed by atoms with van der Waals surface area (Å²) in [6, 6.07) is 5.83. The third-order valence-corrected chi connectivity index (χ3v) is 5.66. The smallest absolute Gasteiger partial charge is 0.330 e. The van der Waals surface area contributed by atoms with Crippen molar-refractivity contribution in [3.63, 3.8) is 0 Å². The lowest BCUT2D eigenvalue weighted by Gasteiger charge is -2.24. The van der Waals surface area contributed by atoms with Crippen LogP contribution in [-0.4, -0.2) is 22.0 Å². The standard InChI is InChI=1S/C24H32N4O4/c1-4-6-8-12-27(21-22(25)28(11-7-5-2)24(31)26-23(21)30)20(29)14-17-15-32-19-13-16(3)9-10-18(17)19/h9-10,13,15H,4-8,11-12,14,25H2,1-3H3,(H,26,30,31). The summed E-state index contributed by atoms with van der Waals surface area (Å²) in [5, 5.41) is 0.868. The van der Waals surface area contributed by atoms with Crippen molar-refractivity contribution >= 4 is 28.4 Å². The summed E-state index contributed by atoms with van der Waals surface area (Å²) >= 11 is 0. The van der Waals surface area contributed by atoms with E-state index < -0.39 is 11.2 Å². The Morgan fingerprint density at radius 2 is 1.91 bits per heavy atom. The second-order valence-electron chi connectivity index (χ2n) is 8.19. The number of aryl methyl sites for hydroxylation is 1. The number of nitrogen functional groups attached to an aromatic ring is 1. The van der Waals surface area contributed by atoms with Gasteiger partial charge >= 0.3 is 5.69 Å². The summed E-state index contributed by atoms with van der Waals surface area (Å²) < 4.78 is 6.98. The van der Waals surface area contributed by atoms with Crippen LogP contribution in [0.4, 0.5) is 11.5 Å². The van der Waals surface area contributed by atoms with Crippen LogP contribution in [0.3, 0.4) is 0 Å². The summed E-state index contributed by atoms with van der Waals surface area (Å²) in [5.41, 5.74) is 7.67. The summed E-state index contributed by atoms with van der Waals surface area (Å²) in [4.78, 5) is 42.3. The van der Waals surface area contributed by atoms with Gasteiger partial charge in [0.1, 0.15) is 11.4 Å². The van der Waals surface area contributed by atoms with Crippen LogP contribution in [-0.2, 0) is 17.8 Å². The van der Waals surface area contributed by atoms with Crippen molar-refractivity contribution in [2.75, 3.05) is 17.2 Å². The van der Waals surface area contributed by atoms with Crippen molar-refractivity contribution in [1.29, 1.82) is 0 Å². The molecule has 32 heavy (non-hydrogen) atoms. The molecule has 1 amide bonds. The first-order valence-electron chi connectivity index (χ1n) is 11.3. The molecule has 2 aromatic heterocycles. The third kappa shape index (κ3) is 4.95. The second-order valence-corrected chi connectivity index (χ2v) is 8.19. The Labute approximate surface area is 187 Å². The van der Waals surface area contributed by atoms with E-state index in [1.807, 2.05) is 32.0 Å². The molecule has 8 heteroatoms. The van der Waals surface area contributed by atoms with Crippen molar-refractivity contribution in [2.24, 2.45) is 0 Å². The van der Waals surface area contributed by atoms with E-state index in [1.165, 1.54) is 9.47 Å². The zero-order valence-corrected chi connectivity index (χ0v) is 19.1. The van der Waals surface area contributed by atoms with Crippen molar-refractivity contribution in [3.8, 4) is 0 Å². The number of furan rings is 1. The minimum absolute atomic E-state index is 0.0322. The van der Waals surface area contributed by atoms with Crippen molar-refractivity contribution in [2.45, 2.75) is 65.8 Å². The van der Waals surface area contributed by atoms with Crippen molar-refractivity contribution < 1.29 is 9.21 Å². The number of rotatable bonds is 10. The Kier molecular flexibility index (Phi) is 7.56. The van der Waals surface area contributed by atoms with Crippen molar-refractivity contribution in [3.05, 3.63) is 56.4 Å². The number of carbonyl (C=O) groups is 1. The molecule has 0 saturated carbocycles. The van der Waals surface area contributed by atoms with E-state index in [9.17, 15) is 14.4 Å². The molecule has 2 heterocycles. The highest BCUT2D eigenvalue weighted by atomic mass is 16.3. The Morgan fingerprint density at radius 3 is 2.62 bits per heavy atom. The molecule has 0 aliphatic heterocycles. The molecule has 0 bridgehead atoms. The number of unbranched alkanes of at least 4 members (excludes halogenated alkanes) is 3. The van der Waals surface area contributed by atoms with Gasteiger partial charge in [0.25, 0.3) is 5.56 Å². The number of carbonyl (C=O) groups excluding carboxylic acids is 1. The Balaban J connectivity index is 2.00. The maximum Gasteiger partial charge on any atom is 0.330 e. The van der Waals surface area contributed by atoms with Gasteiger partial charge in [0.15, 0.2) is 5.69 Å². The SMILES string of the molecule is CCCCCN(C(=O)Cc1coc2cc(C)ccc12)c1c(N)n(CCCC)c(=O)[nH]c1=O. The van der Waals surface area contributed by atoms with Gasteiger partial charge in [-0.2, -0.15) is 0 Å². The van der Waals surface area contributed by atoms with Crippen LogP contribution >= 0.6 is 0 Å². The van der Waals surface area contributed by atoms with Gasteiger partial charge in [0.2, 0.25) is 5.91 Å². The molecule has 1 aromatic carbocycles. The van der Waals surface area contributed by atoms with Crippen LogP contribution in [0.1, 0.15) is 57.1 Å². The first-order chi connectivity index (χ1) is 15.4. The fourth-order valence-electron chi connectivity index (χ4n) is 3.84. The van der Waals surface area contributed by atoms with Crippen LogP contribution in [0.5, 0.6) is 0 Å². The number of hydrogen-bond acceptors (Lipinski definition) is 5. The van der Waals surface area contributed by atoms with E-state index in [-0.39, 0.29) is 23.8 Å². The van der Waals surface area contributed by atoms with Gasteiger partial charge < -0.3 is 15.1 Å². The molecule has 3 aromatic rings. The number of aromatic nitrogens is 2. The number of anilines is 2. The third-order valence-electron chi connectivity index (χ3n) is 5.66. The molecular formula is C24H32N4O4. The Hall–Kier alpha value is -3.29. The number of nitrogens with two attached hydrogens (primary N) is 1. The predicted molar refractivity (Wildman–Crippen MR) is 127 cm³/mol. The van der Waals surface area contributed by atoms with E-state index >= 15 is 0 Å². The molecule has 3 rings (SSSR count). The lowest BCUT2D eigenvalue weighted by Crippen LogP contribution is -2.42. The molecule has 0 fully saturated rings.